The molecular weight excluding hydrogens is 248 g/mol. The number of amides is 1. The molecule has 1 rings (SSSR count). The summed E-state index contributed by atoms with van der Waals surface area (Å²) in [6.07, 6.45) is 2.13. The van der Waals surface area contributed by atoms with Crippen LogP contribution in [-0.4, -0.2) is 26.7 Å². The highest BCUT2D eigenvalue weighted by molar-refractivity contribution is 7.80. The van der Waals surface area contributed by atoms with Gasteiger partial charge in [-0.1, -0.05) is 26.1 Å². The van der Waals surface area contributed by atoms with Crippen LogP contribution in [0.15, 0.2) is 6.07 Å². The molecule has 1 amide bonds. The third kappa shape index (κ3) is 3.80. The number of carbonyl (C=O) groups excluding carboxylic acids is 1. The van der Waals surface area contributed by atoms with Gasteiger partial charge in [0.2, 0.25) is 0 Å². The fraction of sp³-hybridized carbons (Fsp3) is 0.583. The van der Waals surface area contributed by atoms with Crippen molar-refractivity contribution in [1.82, 2.24) is 15.1 Å². The van der Waals surface area contributed by atoms with Crippen molar-refractivity contribution in [3.8, 4) is 0 Å². The Bertz CT molecular complexity index is 441. The van der Waals surface area contributed by atoms with Gasteiger partial charge in [0.15, 0.2) is 0 Å². The number of nitrogens with zero attached hydrogens (tertiary/aromatic N) is 2. The molecule has 0 saturated carbocycles. The Morgan fingerprint density at radius 2 is 2.28 bits per heavy atom. The number of aryl methyl sites for hydroxylation is 2. The molecule has 5 nitrogen and oxygen atoms in total. The van der Waals surface area contributed by atoms with Gasteiger partial charge in [-0.3, -0.25) is 9.48 Å². The van der Waals surface area contributed by atoms with Crippen LogP contribution in [0.1, 0.15) is 42.9 Å². The van der Waals surface area contributed by atoms with E-state index in [9.17, 15) is 4.79 Å². The number of thiocarbonyl (C=S) groups is 1. The van der Waals surface area contributed by atoms with Crippen LogP contribution in [-0.2, 0) is 13.5 Å². The smallest absolute Gasteiger partial charge is 0.269 e. The maximum atomic E-state index is 12.1. The Morgan fingerprint density at radius 1 is 1.61 bits per heavy atom. The zero-order valence-corrected chi connectivity index (χ0v) is 11.9. The first-order chi connectivity index (χ1) is 8.47. The molecule has 0 aliphatic rings. The quantitative estimate of drug-likeness (QED) is 0.760. The fourth-order valence-corrected chi connectivity index (χ4v) is 1.91. The van der Waals surface area contributed by atoms with E-state index in [0.717, 1.165) is 18.5 Å². The summed E-state index contributed by atoms with van der Waals surface area (Å²) in [5.74, 6) is -0.132. The summed E-state index contributed by atoms with van der Waals surface area (Å²) < 4.78 is 1.60. The molecule has 0 aromatic carbocycles. The molecule has 1 atom stereocenters. The van der Waals surface area contributed by atoms with Crippen molar-refractivity contribution >= 4 is 23.1 Å². The maximum absolute atomic E-state index is 12.1. The van der Waals surface area contributed by atoms with Gasteiger partial charge in [0, 0.05) is 19.5 Å². The number of hydrogen-bond donors (Lipinski definition) is 2. The van der Waals surface area contributed by atoms with Crippen molar-refractivity contribution in [2.24, 2.45) is 12.8 Å². The predicted octanol–water partition coefficient (Wildman–Crippen LogP) is 1.17. The van der Waals surface area contributed by atoms with Crippen LogP contribution in [0.25, 0.3) is 0 Å². The number of nitrogens with two attached hydrogens (primary N) is 1. The van der Waals surface area contributed by atoms with Gasteiger partial charge in [0.1, 0.15) is 5.69 Å². The van der Waals surface area contributed by atoms with Crippen molar-refractivity contribution in [3.05, 3.63) is 17.5 Å². The Hall–Kier alpha value is -1.43. The molecule has 3 N–H and O–H groups in total. The second kappa shape index (κ2) is 6.49. The molecule has 0 aliphatic heterocycles. The summed E-state index contributed by atoms with van der Waals surface area (Å²) in [7, 11) is 1.77. The number of aromatic nitrogens is 2. The summed E-state index contributed by atoms with van der Waals surface area (Å²) in [6.45, 7) is 4.00. The molecule has 18 heavy (non-hydrogen) atoms. The number of rotatable bonds is 6. The van der Waals surface area contributed by atoms with Gasteiger partial charge in [-0.25, -0.2) is 0 Å². The molecule has 0 bridgehead atoms. The lowest BCUT2D eigenvalue weighted by Crippen LogP contribution is -2.37. The molecule has 0 fully saturated rings. The van der Waals surface area contributed by atoms with Crippen molar-refractivity contribution in [2.45, 2.75) is 39.2 Å². The zero-order valence-electron chi connectivity index (χ0n) is 11.1. The van der Waals surface area contributed by atoms with Gasteiger partial charge in [-0.2, -0.15) is 5.10 Å². The standard InChI is InChI=1S/C12H20N4OS/c1-4-8(7-11(13)18)14-12(17)10-6-9(5-2)15-16(10)3/h6,8H,4-5,7H2,1-3H3,(H2,13,18)(H,14,17). The van der Waals surface area contributed by atoms with Crippen molar-refractivity contribution in [3.63, 3.8) is 0 Å². The highest BCUT2D eigenvalue weighted by Crippen LogP contribution is 2.06. The van der Waals surface area contributed by atoms with Crippen LogP contribution in [0.4, 0.5) is 0 Å². The molecule has 1 aromatic heterocycles. The second-order valence-corrected chi connectivity index (χ2v) is 4.77. The van der Waals surface area contributed by atoms with E-state index in [0.29, 0.717) is 17.1 Å². The lowest BCUT2D eigenvalue weighted by Gasteiger charge is -2.15. The minimum Gasteiger partial charge on any atom is -0.393 e. The van der Waals surface area contributed by atoms with E-state index < -0.39 is 0 Å². The minimum absolute atomic E-state index is 0.0185. The molecule has 1 unspecified atom stereocenters. The average molecular weight is 268 g/mol. The Labute approximate surface area is 113 Å². The predicted molar refractivity (Wildman–Crippen MR) is 75.5 cm³/mol. The third-order valence-electron chi connectivity index (χ3n) is 2.80. The first-order valence-corrected chi connectivity index (χ1v) is 6.50. The molecule has 0 saturated heterocycles. The third-order valence-corrected chi connectivity index (χ3v) is 2.97. The lowest BCUT2D eigenvalue weighted by molar-refractivity contribution is 0.0927. The van der Waals surface area contributed by atoms with E-state index in [1.807, 2.05) is 19.9 Å². The number of carbonyl (C=O) groups is 1. The van der Waals surface area contributed by atoms with Gasteiger partial charge in [-0.05, 0) is 18.9 Å². The van der Waals surface area contributed by atoms with E-state index in [1.54, 1.807) is 11.7 Å². The Morgan fingerprint density at radius 3 is 2.72 bits per heavy atom. The summed E-state index contributed by atoms with van der Waals surface area (Å²) in [4.78, 5) is 12.5. The lowest BCUT2D eigenvalue weighted by atomic mass is 10.1. The van der Waals surface area contributed by atoms with Crippen LogP contribution >= 0.6 is 12.2 Å². The summed E-state index contributed by atoms with van der Waals surface area (Å²) >= 11 is 4.87. The Kier molecular flexibility index (Phi) is 5.27. The SMILES string of the molecule is CCc1cc(C(=O)NC(CC)CC(N)=S)n(C)n1. The molecule has 0 radical (unpaired) electrons. The monoisotopic (exact) mass is 268 g/mol. The zero-order chi connectivity index (χ0) is 13.7. The van der Waals surface area contributed by atoms with E-state index in [4.69, 9.17) is 18.0 Å². The van der Waals surface area contributed by atoms with Crippen molar-refractivity contribution in [1.29, 1.82) is 0 Å². The van der Waals surface area contributed by atoms with Crippen molar-refractivity contribution < 1.29 is 4.79 Å². The van der Waals surface area contributed by atoms with Crippen molar-refractivity contribution in [2.75, 3.05) is 0 Å². The number of nitrogens with one attached hydrogen (secondary N) is 1. The van der Waals surface area contributed by atoms with Crippen LogP contribution in [0.5, 0.6) is 0 Å². The topological polar surface area (TPSA) is 72.9 Å². The number of hydrogen-bond acceptors (Lipinski definition) is 3. The highest BCUT2D eigenvalue weighted by Gasteiger charge is 2.16. The molecule has 1 heterocycles. The van der Waals surface area contributed by atoms with E-state index in [2.05, 4.69) is 10.4 Å². The van der Waals surface area contributed by atoms with Crippen LogP contribution in [0.2, 0.25) is 0 Å². The normalized spacial score (nSPS) is 12.2. The maximum Gasteiger partial charge on any atom is 0.269 e. The summed E-state index contributed by atoms with van der Waals surface area (Å²) in [5, 5.41) is 7.17. The van der Waals surface area contributed by atoms with Gasteiger partial charge >= 0.3 is 0 Å². The first kappa shape index (κ1) is 14.6. The second-order valence-electron chi connectivity index (χ2n) is 4.25. The van der Waals surface area contributed by atoms with Crippen LogP contribution in [0.3, 0.4) is 0 Å². The van der Waals surface area contributed by atoms with E-state index >= 15 is 0 Å². The molecular formula is C12H20N4OS. The van der Waals surface area contributed by atoms with Gasteiger partial charge in [0.25, 0.3) is 5.91 Å². The molecule has 1 aromatic rings. The van der Waals surface area contributed by atoms with Crippen LogP contribution < -0.4 is 11.1 Å². The first-order valence-electron chi connectivity index (χ1n) is 6.10. The van der Waals surface area contributed by atoms with E-state index in [-0.39, 0.29) is 11.9 Å². The van der Waals surface area contributed by atoms with Gasteiger partial charge in [0.05, 0.1) is 10.7 Å². The van der Waals surface area contributed by atoms with E-state index in [1.165, 1.54) is 0 Å². The minimum atomic E-state index is -0.132. The van der Waals surface area contributed by atoms with Crippen LogP contribution in [0, 0.1) is 0 Å². The summed E-state index contributed by atoms with van der Waals surface area (Å²) in [6, 6.07) is 1.79. The largest absolute Gasteiger partial charge is 0.393 e. The summed E-state index contributed by atoms with van der Waals surface area (Å²) in [5.41, 5.74) is 6.97. The average Bonchev–Trinajstić information content (AvgIpc) is 2.69. The van der Waals surface area contributed by atoms with Gasteiger partial charge in [-0.15, -0.1) is 0 Å². The molecule has 0 spiro atoms. The molecule has 100 valence electrons. The Balaban J connectivity index is 2.74. The molecule has 0 aliphatic carbocycles. The van der Waals surface area contributed by atoms with Gasteiger partial charge < -0.3 is 11.1 Å². The molecule has 6 heteroatoms. The highest BCUT2D eigenvalue weighted by atomic mass is 32.1. The fourth-order valence-electron chi connectivity index (χ4n) is 1.71.